The first-order valence-corrected chi connectivity index (χ1v) is 6.27. The molecular formula is C12H22ClN3O2. The molecule has 104 valence electrons. The van der Waals surface area contributed by atoms with Gasteiger partial charge in [0.15, 0.2) is 5.60 Å². The molecule has 2 heterocycles. The Balaban J connectivity index is 0.00000162. The summed E-state index contributed by atoms with van der Waals surface area (Å²) >= 11 is 0. The third kappa shape index (κ3) is 2.95. The molecule has 1 atom stereocenters. The molecule has 2 rings (SSSR count). The molecule has 6 heteroatoms. The van der Waals surface area contributed by atoms with E-state index in [0.717, 1.165) is 25.9 Å². The van der Waals surface area contributed by atoms with Gasteiger partial charge in [0.05, 0.1) is 0 Å². The SMILES string of the molecule is CC(C)N(C)C(=O)C1=NOC2(CCCNC2)C1.Cl. The van der Waals surface area contributed by atoms with Gasteiger partial charge in [-0.25, -0.2) is 0 Å². The van der Waals surface area contributed by atoms with Crippen LogP contribution in [0.4, 0.5) is 0 Å². The first kappa shape index (κ1) is 15.2. The average Bonchev–Trinajstić information content (AvgIpc) is 2.72. The van der Waals surface area contributed by atoms with Crippen LogP contribution in [0.5, 0.6) is 0 Å². The maximum atomic E-state index is 12.1. The van der Waals surface area contributed by atoms with Crippen LogP contribution >= 0.6 is 12.4 Å². The Morgan fingerprint density at radius 1 is 1.56 bits per heavy atom. The van der Waals surface area contributed by atoms with Gasteiger partial charge in [-0.05, 0) is 33.2 Å². The van der Waals surface area contributed by atoms with Gasteiger partial charge in [-0.15, -0.1) is 12.4 Å². The van der Waals surface area contributed by atoms with Crippen molar-refractivity contribution in [2.75, 3.05) is 20.1 Å². The van der Waals surface area contributed by atoms with Crippen LogP contribution in [0.1, 0.15) is 33.1 Å². The van der Waals surface area contributed by atoms with Crippen molar-refractivity contribution in [3.63, 3.8) is 0 Å². The summed E-state index contributed by atoms with van der Waals surface area (Å²) in [6.45, 7) is 5.80. The number of halogens is 1. The van der Waals surface area contributed by atoms with Crippen molar-refractivity contribution >= 4 is 24.0 Å². The van der Waals surface area contributed by atoms with Crippen molar-refractivity contribution in [2.45, 2.75) is 44.8 Å². The standard InChI is InChI=1S/C12H21N3O2.ClH/c1-9(2)15(3)11(16)10-7-12(17-14-10)5-4-6-13-8-12;/h9,13H,4-8H2,1-3H3;1H. The lowest BCUT2D eigenvalue weighted by Gasteiger charge is -2.31. The minimum atomic E-state index is -0.263. The van der Waals surface area contributed by atoms with E-state index in [4.69, 9.17) is 4.84 Å². The maximum Gasteiger partial charge on any atom is 0.271 e. The van der Waals surface area contributed by atoms with Gasteiger partial charge in [-0.2, -0.15) is 0 Å². The highest BCUT2D eigenvalue weighted by Crippen LogP contribution is 2.30. The Kier molecular flexibility index (Phi) is 4.99. The first-order chi connectivity index (χ1) is 8.04. The molecule has 5 nitrogen and oxygen atoms in total. The van der Waals surface area contributed by atoms with Crippen molar-refractivity contribution < 1.29 is 9.63 Å². The van der Waals surface area contributed by atoms with Gasteiger partial charge < -0.3 is 15.1 Å². The number of carbonyl (C=O) groups excluding carboxylic acids is 1. The molecule has 1 unspecified atom stereocenters. The molecule has 0 radical (unpaired) electrons. The Morgan fingerprint density at radius 2 is 2.28 bits per heavy atom. The molecule has 0 aromatic carbocycles. The van der Waals surface area contributed by atoms with E-state index in [1.165, 1.54) is 0 Å². The second-order valence-corrected chi connectivity index (χ2v) is 5.28. The van der Waals surface area contributed by atoms with E-state index in [1.807, 2.05) is 13.8 Å². The molecule has 0 bridgehead atoms. The number of carbonyl (C=O) groups is 1. The van der Waals surface area contributed by atoms with E-state index in [1.54, 1.807) is 11.9 Å². The van der Waals surface area contributed by atoms with Crippen LogP contribution in [0.2, 0.25) is 0 Å². The summed E-state index contributed by atoms with van der Waals surface area (Å²) in [5.74, 6) is -0.0116. The van der Waals surface area contributed by atoms with Gasteiger partial charge in [0.25, 0.3) is 5.91 Å². The normalized spacial score (nSPS) is 26.6. The van der Waals surface area contributed by atoms with Gasteiger partial charge in [0.2, 0.25) is 0 Å². The second kappa shape index (κ2) is 5.89. The van der Waals surface area contributed by atoms with Gasteiger partial charge in [-0.3, -0.25) is 4.79 Å². The number of rotatable bonds is 2. The molecule has 1 spiro atoms. The predicted molar refractivity (Wildman–Crippen MR) is 73.1 cm³/mol. The van der Waals surface area contributed by atoms with Crippen LogP contribution < -0.4 is 5.32 Å². The quantitative estimate of drug-likeness (QED) is 0.823. The molecular weight excluding hydrogens is 254 g/mol. The summed E-state index contributed by atoms with van der Waals surface area (Å²) < 4.78 is 0. The number of amides is 1. The molecule has 18 heavy (non-hydrogen) atoms. The Hall–Kier alpha value is -0.810. The third-order valence-corrected chi connectivity index (χ3v) is 3.61. The number of oxime groups is 1. The third-order valence-electron chi connectivity index (χ3n) is 3.61. The van der Waals surface area contributed by atoms with Gasteiger partial charge in [-0.1, -0.05) is 5.16 Å². The molecule has 1 N–H and O–H groups in total. The Bertz CT molecular complexity index is 338. The minimum Gasteiger partial charge on any atom is -0.387 e. The lowest BCUT2D eigenvalue weighted by molar-refractivity contribution is -0.124. The number of hydrogen-bond donors (Lipinski definition) is 1. The van der Waals surface area contributed by atoms with E-state index in [-0.39, 0.29) is 30.0 Å². The van der Waals surface area contributed by atoms with Crippen LogP contribution in [0, 0.1) is 0 Å². The van der Waals surface area contributed by atoms with Crippen molar-refractivity contribution in [1.29, 1.82) is 0 Å². The Morgan fingerprint density at radius 3 is 2.83 bits per heavy atom. The van der Waals surface area contributed by atoms with E-state index in [9.17, 15) is 4.79 Å². The van der Waals surface area contributed by atoms with Gasteiger partial charge >= 0.3 is 0 Å². The van der Waals surface area contributed by atoms with Crippen LogP contribution in [0.15, 0.2) is 5.16 Å². The highest BCUT2D eigenvalue weighted by atomic mass is 35.5. The highest BCUT2D eigenvalue weighted by Gasteiger charge is 2.42. The first-order valence-electron chi connectivity index (χ1n) is 6.27. The van der Waals surface area contributed by atoms with Crippen molar-refractivity contribution in [1.82, 2.24) is 10.2 Å². The molecule has 1 amide bonds. The number of piperidine rings is 1. The van der Waals surface area contributed by atoms with Crippen LogP contribution in [0.3, 0.4) is 0 Å². The summed E-state index contributed by atoms with van der Waals surface area (Å²) in [5.41, 5.74) is 0.297. The summed E-state index contributed by atoms with van der Waals surface area (Å²) in [7, 11) is 1.81. The lowest BCUT2D eigenvalue weighted by atomic mass is 9.89. The fraction of sp³-hybridized carbons (Fsp3) is 0.833. The van der Waals surface area contributed by atoms with Crippen molar-refractivity contribution in [2.24, 2.45) is 5.16 Å². The van der Waals surface area contributed by atoms with Crippen LogP contribution in [-0.4, -0.2) is 48.3 Å². The van der Waals surface area contributed by atoms with E-state index < -0.39 is 0 Å². The van der Waals surface area contributed by atoms with Crippen molar-refractivity contribution in [3.05, 3.63) is 0 Å². The van der Waals surface area contributed by atoms with E-state index in [0.29, 0.717) is 12.1 Å². The fourth-order valence-corrected chi connectivity index (χ4v) is 2.24. The molecule has 1 saturated heterocycles. The Labute approximate surface area is 114 Å². The summed E-state index contributed by atoms with van der Waals surface area (Å²) in [5, 5.41) is 7.31. The zero-order chi connectivity index (χ0) is 12.5. The summed E-state index contributed by atoms with van der Waals surface area (Å²) in [4.78, 5) is 19.3. The molecule has 0 saturated carbocycles. The molecule has 0 aliphatic carbocycles. The lowest BCUT2D eigenvalue weighted by Crippen LogP contribution is -2.47. The van der Waals surface area contributed by atoms with Crippen LogP contribution in [-0.2, 0) is 9.63 Å². The average molecular weight is 276 g/mol. The maximum absolute atomic E-state index is 12.1. The van der Waals surface area contributed by atoms with Gasteiger partial charge in [0, 0.05) is 26.1 Å². The number of nitrogens with zero attached hydrogens (tertiary/aromatic N) is 2. The monoisotopic (exact) mass is 275 g/mol. The van der Waals surface area contributed by atoms with E-state index in [2.05, 4.69) is 10.5 Å². The molecule has 1 fully saturated rings. The molecule has 2 aliphatic heterocycles. The summed E-state index contributed by atoms with van der Waals surface area (Å²) in [6.07, 6.45) is 2.69. The summed E-state index contributed by atoms with van der Waals surface area (Å²) in [6, 6.07) is 0.186. The van der Waals surface area contributed by atoms with Crippen molar-refractivity contribution in [3.8, 4) is 0 Å². The molecule has 0 aromatic heterocycles. The topological polar surface area (TPSA) is 53.9 Å². The molecule has 2 aliphatic rings. The zero-order valence-electron chi connectivity index (χ0n) is 11.2. The van der Waals surface area contributed by atoms with Gasteiger partial charge in [0.1, 0.15) is 5.71 Å². The van der Waals surface area contributed by atoms with E-state index >= 15 is 0 Å². The number of nitrogens with one attached hydrogen (secondary N) is 1. The second-order valence-electron chi connectivity index (χ2n) is 5.28. The largest absolute Gasteiger partial charge is 0.387 e. The minimum absolute atomic E-state index is 0. The molecule has 0 aromatic rings. The van der Waals surface area contributed by atoms with Crippen LogP contribution in [0.25, 0.3) is 0 Å². The predicted octanol–water partition coefficient (Wildman–Crippen LogP) is 1.17. The zero-order valence-corrected chi connectivity index (χ0v) is 12.0. The smallest absolute Gasteiger partial charge is 0.271 e. The highest BCUT2D eigenvalue weighted by molar-refractivity contribution is 6.39. The number of hydrogen-bond acceptors (Lipinski definition) is 4. The fourth-order valence-electron chi connectivity index (χ4n) is 2.24.